The summed E-state index contributed by atoms with van der Waals surface area (Å²) >= 11 is 0. The summed E-state index contributed by atoms with van der Waals surface area (Å²) in [6.07, 6.45) is 15.4. The van der Waals surface area contributed by atoms with E-state index >= 15 is 0 Å². The van der Waals surface area contributed by atoms with E-state index in [2.05, 4.69) is 5.32 Å². The van der Waals surface area contributed by atoms with Gasteiger partial charge in [0, 0.05) is 5.92 Å². The topological polar surface area (TPSA) is 58.6 Å². The molecule has 2 rings (SSSR count). The molecule has 2 aliphatic rings. The number of carbonyl (C=O) groups excluding carboxylic acids is 1. The molecule has 22 heavy (non-hydrogen) atoms. The number of nitrogens with one attached hydrogen (secondary N) is 1. The molecule has 0 amide bonds. The van der Waals surface area contributed by atoms with Crippen LogP contribution in [0.4, 0.5) is 0 Å². The fourth-order valence-electron chi connectivity index (χ4n) is 3.20. The maximum atomic E-state index is 12.6. The molecule has 4 heteroatoms. The zero-order chi connectivity index (χ0) is 15.8. The van der Waals surface area contributed by atoms with Crippen LogP contribution in [0.15, 0.2) is 36.0 Å². The van der Waals surface area contributed by atoms with Gasteiger partial charge in [0.2, 0.25) is 0 Å². The molecule has 2 N–H and O–H groups in total. The number of hydrogen-bond acceptors (Lipinski definition) is 4. The zero-order valence-corrected chi connectivity index (χ0v) is 13.4. The Balaban J connectivity index is 2.24. The maximum Gasteiger partial charge on any atom is 0.344 e. The largest absolute Gasteiger partial charge is 0.447 e. The van der Waals surface area contributed by atoms with Crippen molar-refractivity contribution in [2.45, 2.75) is 51.0 Å². The Morgan fingerprint density at radius 3 is 2.86 bits per heavy atom. The van der Waals surface area contributed by atoms with Crippen LogP contribution >= 0.6 is 0 Å². The fourth-order valence-corrected chi connectivity index (χ4v) is 3.20. The quantitative estimate of drug-likeness (QED) is 0.450. The molecule has 1 fully saturated rings. The summed E-state index contributed by atoms with van der Waals surface area (Å²) in [5, 5.41) is 14.3. The molecule has 0 heterocycles. The first-order valence-electron chi connectivity index (χ1n) is 8.33. The summed E-state index contributed by atoms with van der Waals surface area (Å²) < 4.78 is 5.30. The highest BCUT2D eigenvalue weighted by atomic mass is 16.6. The second-order valence-electron chi connectivity index (χ2n) is 5.97. The Kier molecular flexibility index (Phi) is 6.40. The smallest absolute Gasteiger partial charge is 0.344 e. The van der Waals surface area contributed by atoms with Gasteiger partial charge in [0.25, 0.3) is 0 Å². The first-order valence-corrected chi connectivity index (χ1v) is 8.33. The molecule has 0 bridgehead atoms. The van der Waals surface area contributed by atoms with Gasteiger partial charge in [-0.15, -0.1) is 0 Å². The normalized spacial score (nSPS) is 21.8. The molecular formula is C18H27NO3. The summed E-state index contributed by atoms with van der Waals surface area (Å²) in [6.45, 7) is 2.81. The molecule has 2 aliphatic carbocycles. The van der Waals surface area contributed by atoms with Gasteiger partial charge in [0.1, 0.15) is 6.73 Å². The average Bonchev–Trinajstić information content (AvgIpc) is 2.84. The second-order valence-corrected chi connectivity index (χ2v) is 5.97. The molecule has 0 saturated heterocycles. The van der Waals surface area contributed by atoms with Gasteiger partial charge in [-0.25, -0.2) is 4.79 Å². The standard InChI is InChI=1S/C18H27NO3/c1-2-19-14-22-17(20)18(21,16-12-8-5-9-13-16)15-10-6-3-4-7-11-15/h3,6-7,10-11,16,19,21H,2,4-5,8-9,12-14H2,1H3. The minimum absolute atomic E-state index is 0.0715. The molecule has 0 aromatic rings. The van der Waals surface area contributed by atoms with Gasteiger partial charge in [-0.3, -0.25) is 5.32 Å². The Hall–Kier alpha value is -1.39. The molecule has 1 unspecified atom stereocenters. The third-order valence-corrected chi connectivity index (χ3v) is 4.48. The molecule has 0 aromatic heterocycles. The van der Waals surface area contributed by atoms with E-state index in [4.69, 9.17) is 4.74 Å². The molecule has 0 spiro atoms. The van der Waals surface area contributed by atoms with Gasteiger partial charge >= 0.3 is 5.97 Å². The van der Waals surface area contributed by atoms with Gasteiger partial charge in [-0.2, -0.15) is 0 Å². The molecule has 122 valence electrons. The molecule has 4 nitrogen and oxygen atoms in total. The van der Waals surface area contributed by atoms with Gasteiger partial charge in [-0.1, -0.05) is 56.6 Å². The van der Waals surface area contributed by atoms with Crippen molar-refractivity contribution in [2.75, 3.05) is 13.3 Å². The third-order valence-electron chi connectivity index (χ3n) is 4.48. The van der Waals surface area contributed by atoms with Crippen molar-refractivity contribution in [3.8, 4) is 0 Å². The molecule has 1 saturated carbocycles. The number of allylic oxidation sites excluding steroid dienone is 4. The van der Waals surface area contributed by atoms with Crippen LogP contribution in [0.3, 0.4) is 0 Å². The van der Waals surface area contributed by atoms with Crippen molar-refractivity contribution in [2.24, 2.45) is 5.92 Å². The van der Waals surface area contributed by atoms with E-state index in [1.165, 1.54) is 6.42 Å². The Bertz CT molecular complexity index is 461. The number of rotatable bonds is 6. The Labute approximate surface area is 132 Å². The minimum atomic E-state index is -1.54. The fraction of sp³-hybridized carbons (Fsp3) is 0.611. The summed E-state index contributed by atoms with van der Waals surface area (Å²) in [7, 11) is 0. The first-order chi connectivity index (χ1) is 10.7. The Morgan fingerprint density at radius 2 is 2.14 bits per heavy atom. The highest BCUT2D eigenvalue weighted by Crippen LogP contribution is 2.39. The van der Waals surface area contributed by atoms with Crippen LogP contribution in [-0.4, -0.2) is 30.0 Å². The zero-order valence-electron chi connectivity index (χ0n) is 13.4. The van der Waals surface area contributed by atoms with E-state index in [0.717, 1.165) is 38.6 Å². The van der Waals surface area contributed by atoms with E-state index in [9.17, 15) is 9.90 Å². The summed E-state index contributed by atoms with van der Waals surface area (Å²) in [5.74, 6) is -0.607. The first kappa shape index (κ1) is 17.0. The van der Waals surface area contributed by atoms with Gasteiger partial charge in [0.05, 0.1) is 0 Å². The van der Waals surface area contributed by atoms with E-state index in [1.807, 2.05) is 37.3 Å². The molecule has 0 radical (unpaired) electrons. The van der Waals surface area contributed by atoms with Crippen LogP contribution in [0.2, 0.25) is 0 Å². The lowest BCUT2D eigenvalue weighted by atomic mass is 9.72. The predicted octanol–water partition coefficient (Wildman–Crippen LogP) is 2.85. The van der Waals surface area contributed by atoms with Crippen LogP contribution in [0.25, 0.3) is 0 Å². The van der Waals surface area contributed by atoms with E-state index in [0.29, 0.717) is 5.57 Å². The minimum Gasteiger partial charge on any atom is -0.447 e. The highest BCUT2D eigenvalue weighted by molar-refractivity contribution is 5.85. The predicted molar refractivity (Wildman–Crippen MR) is 87.1 cm³/mol. The molecule has 0 aliphatic heterocycles. The number of esters is 1. The molecule has 1 atom stereocenters. The van der Waals surface area contributed by atoms with Gasteiger partial charge in [-0.05, 0) is 31.4 Å². The van der Waals surface area contributed by atoms with Crippen LogP contribution < -0.4 is 5.32 Å². The lowest BCUT2D eigenvalue weighted by Gasteiger charge is -2.37. The third kappa shape index (κ3) is 3.87. The number of ether oxygens (including phenoxy) is 1. The van der Waals surface area contributed by atoms with Gasteiger partial charge < -0.3 is 9.84 Å². The number of carbonyl (C=O) groups is 1. The maximum absolute atomic E-state index is 12.6. The lowest BCUT2D eigenvalue weighted by Crippen LogP contribution is -2.49. The number of aliphatic hydroxyl groups is 1. The molecular weight excluding hydrogens is 278 g/mol. The van der Waals surface area contributed by atoms with Crippen LogP contribution in [0.5, 0.6) is 0 Å². The van der Waals surface area contributed by atoms with E-state index < -0.39 is 11.6 Å². The highest BCUT2D eigenvalue weighted by Gasteiger charge is 2.47. The Morgan fingerprint density at radius 1 is 1.36 bits per heavy atom. The lowest BCUT2D eigenvalue weighted by molar-refractivity contribution is -0.168. The summed E-state index contributed by atoms with van der Waals surface area (Å²) in [4.78, 5) is 12.6. The summed E-state index contributed by atoms with van der Waals surface area (Å²) in [5.41, 5.74) is -0.893. The van der Waals surface area contributed by atoms with Crippen LogP contribution in [-0.2, 0) is 9.53 Å². The van der Waals surface area contributed by atoms with E-state index in [1.54, 1.807) is 0 Å². The van der Waals surface area contributed by atoms with Gasteiger partial charge in [0.15, 0.2) is 5.60 Å². The SMILES string of the molecule is CCNCOC(=O)C(O)(C1=CC=CCC=C1)C1CCCCC1. The van der Waals surface area contributed by atoms with Crippen molar-refractivity contribution in [1.82, 2.24) is 5.32 Å². The monoisotopic (exact) mass is 305 g/mol. The van der Waals surface area contributed by atoms with Crippen molar-refractivity contribution < 1.29 is 14.6 Å². The van der Waals surface area contributed by atoms with Crippen molar-refractivity contribution in [3.05, 3.63) is 36.0 Å². The number of hydrogen-bond donors (Lipinski definition) is 2. The van der Waals surface area contributed by atoms with Crippen molar-refractivity contribution in [1.29, 1.82) is 0 Å². The van der Waals surface area contributed by atoms with Crippen LogP contribution in [0.1, 0.15) is 45.4 Å². The second kappa shape index (κ2) is 8.30. The average molecular weight is 305 g/mol. The summed E-state index contributed by atoms with van der Waals surface area (Å²) in [6, 6.07) is 0. The van der Waals surface area contributed by atoms with Crippen LogP contribution in [0, 0.1) is 5.92 Å². The van der Waals surface area contributed by atoms with E-state index in [-0.39, 0.29) is 12.6 Å². The van der Waals surface area contributed by atoms with Crippen molar-refractivity contribution in [3.63, 3.8) is 0 Å². The molecule has 0 aromatic carbocycles. The van der Waals surface area contributed by atoms with Crippen molar-refractivity contribution >= 4 is 5.97 Å².